The molecule has 0 saturated carbocycles. The van der Waals surface area contributed by atoms with Gasteiger partial charge in [0.25, 0.3) is 0 Å². The number of nitrogens with zero attached hydrogens (tertiary/aromatic N) is 1. The highest BCUT2D eigenvalue weighted by molar-refractivity contribution is 5.95. The van der Waals surface area contributed by atoms with Gasteiger partial charge in [-0.25, -0.2) is 0 Å². The van der Waals surface area contributed by atoms with Gasteiger partial charge in [-0.1, -0.05) is 12.1 Å². The Bertz CT molecular complexity index is 553. The second-order valence-corrected chi connectivity index (χ2v) is 5.70. The smallest absolute Gasteiger partial charge is 0.308 e. The Kier molecular flexibility index (Phi) is 5.98. The van der Waals surface area contributed by atoms with Gasteiger partial charge in [0, 0.05) is 0 Å². The normalized spacial score (nSPS) is 17.3. The van der Waals surface area contributed by atoms with Crippen molar-refractivity contribution < 1.29 is 19.1 Å². The molecule has 1 aromatic rings. The molecule has 1 aliphatic heterocycles. The third kappa shape index (κ3) is 4.22. The van der Waals surface area contributed by atoms with Crippen LogP contribution >= 0.6 is 0 Å². The predicted octanol–water partition coefficient (Wildman–Crippen LogP) is 1.91. The van der Waals surface area contributed by atoms with E-state index in [4.69, 9.17) is 9.47 Å². The molecule has 1 saturated heterocycles. The number of hydrogen-bond donors (Lipinski definition) is 1. The lowest BCUT2D eigenvalue weighted by Crippen LogP contribution is -2.47. The number of nitrogens with one attached hydrogen (secondary N) is 1. The average molecular weight is 320 g/mol. The van der Waals surface area contributed by atoms with Crippen molar-refractivity contribution in [3.8, 4) is 5.75 Å². The largest absolute Gasteiger partial charge is 0.495 e. The Morgan fingerprint density at radius 2 is 1.87 bits per heavy atom. The first-order chi connectivity index (χ1) is 11.1. The molecule has 0 spiro atoms. The van der Waals surface area contributed by atoms with Gasteiger partial charge in [-0.2, -0.15) is 0 Å². The predicted molar refractivity (Wildman–Crippen MR) is 87.4 cm³/mol. The summed E-state index contributed by atoms with van der Waals surface area (Å²) in [5, 5.41) is 2.91. The molecule has 1 heterocycles. The zero-order chi connectivity index (χ0) is 16.8. The summed E-state index contributed by atoms with van der Waals surface area (Å²) in [4.78, 5) is 26.1. The van der Waals surface area contributed by atoms with E-state index in [-0.39, 0.29) is 23.8 Å². The summed E-state index contributed by atoms with van der Waals surface area (Å²) in [6.07, 6.45) is 1.44. The summed E-state index contributed by atoms with van der Waals surface area (Å²) in [6.45, 7) is 3.30. The molecule has 0 radical (unpaired) electrons. The molecule has 6 heteroatoms. The topological polar surface area (TPSA) is 67.9 Å². The molecular formula is C17H24N2O4. The molecule has 0 unspecified atom stereocenters. The van der Waals surface area contributed by atoms with Crippen molar-refractivity contribution in [1.29, 1.82) is 0 Å². The van der Waals surface area contributed by atoms with Gasteiger partial charge in [0.15, 0.2) is 0 Å². The fourth-order valence-electron chi connectivity index (χ4n) is 2.84. The molecule has 6 nitrogen and oxygen atoms in total. The van der Waals surface area contributed by atoms with Crippen molar-refractivity contribution in [2.24, 2.45) is 5.92 Å². The van der Waals surface area contributed by atoms with Crippen LogP contribution in [0.2, 0.25) is 0 Å². The number of rotatable bonds is 5. The molecule has 0 aromatic heterocycles. The van der Waals surface area contributed by atoms with Gasteiger partial charge < -0.3 is 14.8 Å². The molecule has 23 heavy (non-hydrogen) atoms. The van der Waals surface area contributed by atoms with Crippen LogP contribution in [0.15, 0.2) is 24.3 Å². The monoisotopic (exact) mass is 320 g/mol. The summed E-state index contributed by atoms with van der Waals surface area (Å²) in [7, 11) is 2.99. The lowest BCUT2D eigenvalue weighted by Gasteiger charge is -2.34. The molecular weight excluding hydrogens is 296 g/mol. The Labute approximate surface area is 136 Å². The van der Waals surface area contributed by atoms with E-state index < -0.39 is 0 Å². The highest BCUT2D eigenvalue weighted by Gasteiger charge is 2.30. The second kappa shape index (κ2) is 7.97. The SMILES string of the molecule is COC(=O)C1CCN([C@@H](C)C(=O)Nc2ccccc2OC)CC1. The number of carbonyl (C=O) groups is 2. The van der Waals surface area contributed by atoms with Gasteiger partial charge in [0.1, 0.15) is 5.75 Å². The van der Waals surface area contributed by atoms with Crippen LogP contribution in [0.3, 0.4) is 0 Å². The van der Waals surface area contributed by atoms with E-state index in [0.717, 1.165) is 12.8 Å². The molecule has 0 aliphatic carbocycles. The van der Waals surface area contributed by atoms with Crippen LogP contribution in [0.25, 0.3) is 0 Å². The maximum Gasteiger partial charge on any atom is 0.308 e. The standard InChI is InChI=1S/C17H24N2O4/c1-12(19-10-8-13(9-11-19)17(21)23-3)16(20)18-14-6-4-5-7-15(14)22-2/h4-7,12-13H,8-11H2,1-3H3,(H,18,20)/t12-/m0/s1. The van der Waals surface area contributed by atoms with E-state index in [2.05, 4.69) is 10.2 Å². The van der Waals surface area contributed by atoms with Crippen molar-refractivity contribution in [1.82, 2.24) is 4.90 Å². The fraction of sp³-hybridized carbons (Fsp3) is 0.529. The lowest BCUT2D eigenvalue weighted by atomic mass is 9.96. The first-order valence-corrected chi connectivity index (χ1v) is 7.82. The van der Waals surface area contributed by atoms with Gasteiger partial charge in [-0.3, -0.25) is 14.5 Å². The number of amides is 1. The number of methoxy groups -OCH3 is 2. The summed E-state index contributed by atoms with van der Waals surface area (Å²) >= 11 is 0. The molecule has 0 bridgehead atoms. The molecule has 1 aromatic carbocycles. The minimum Gasteiger partial charge on any atom is -0.495 e. The second-order valence-electron chi connectivity index (χ2n) is 5.70. The average Bonchev–Trinajstić information content (AvgIpc) is 2.61. The minimum absolute atomic E-state index is 0.0549. The zero-order valence-corrected chi connectivity index (χ0v) is 13.9. The van der Waals surface area contributed by atoms with Crippen LogP contribution in [-0.4, -0.2) is 50.1 Å². The van der Waals surface area contributed by atoms with Crippen molar-refractivity contribution in [3.63, 3.8) is 0 Å². The molecule has 1 fully saturated rings. The third-order valence-electron chi connectivity index (χ3n) is 4.36. The number of ether oxygens (including phenoxy) is 2. The number of likely N-dealkylation sites (tertiary alicyclic amines) is 1. The molecule has 1 atom stereocenters. The van der Waals surface area contributed by atoms with Gasteiger partial charge in [0.05, 0.1) is 31.9 Å². The van der Waals surface area contributed by atoms with Crippen LogP contribution in [0.5, 0.6) is 5.75 Å². The van der Waals surface area contributed by atoms with Crippen LogP contribution in [0.1, 0.15) is 19.8 Å². The molecule has 1 N–H and O–H groups in total. The van der Waals surface area contributed by atoms with Gasteiger partial charge in [-0.05, 0) is 45.0 Å². The lowest BCUT2D eigenvalue weighted by molar-refractivity contribution is -0.147. The number of hydrogen-bond acceptors (Lipinski definition) is 5. The van der Waals surface area contributed by atoms with E-state index in [1.165, 1.54) is 7.11 Å². The minimum atomic E-state index is -0.265. The maximum atomic E-state index is 12.5. The summed E-state index contributed by atoms with van der Waals surface area (Å²) in [5.74, 6) is 0.347. The summed E-state index contributed by atoms with van der Waals surface area (Å²) in [5.41, 5.74) is 0.663. The van der Waals surface area contributed by atoms with E-state index in [1.807, 2.05) is 31.2 Å². The molecule has 126 valence electrons. The number of carbonyl (C=O) groups excluding carboxylic acids is 2. The Morgan fingerprint density at radius 3 is 2.48 bits per heavy atom. The van der Waals surface area contributed by atoms with Crippen LogP contribution < -0.4 is 10.1 Å². The summed E-state index contributed by atoms with van der Waals surface area (Å²) in [6, 6.07) is 7.06. The number of esters is 1. The molecule has 2 rings (SSSR count). The van der Waals surface area contributed by atoms with Crippen molar-refractivity contribution in [3.05, 3.63) is 24.3 Å². The van der Waals surface area contributed by atoms with Gasteiger partial charge in [-0.15, -0.1) is 0 Å². The number of benzene rings is 1. The highest BCUT2D eigenvalue weighted by Crippen LogP contribution is 2.24. The van der Waals surface area contributed by atoms with E-state index in [0.29, 0.717) is 24.5 Å². The number of piperidine rings is 1. The molecule has 1 aliphatic rings. The zero-order valence-electron chi connectivity index (χ0n) is 13.9. The fourth-order valence-corrected chi connectivity index (χ4v) is 2.84. The first kappa shape index (κ1) is 17.3. The van der Waals surface area contributed by atoms with Crippen LogP contribution in [0.4, 0.5) is 5.69 Å². The number of para-hydroxylation sites is 2. The quantitative estimate of drug-likeness (QED) is 0.839. The van der Waals surface area contributed by atoms with Crippen molar-refractivity contribution >= 4 is 17.6 Å². The molecule has 1 amide bonds. The first-order valence-electron chi connectivity index (χ1n) is 7.82. The van der Waals surface area contributed by atoms with E-state index >= 15 is 0 Å². The van der Waals surface area contributed by atoms with Crippen molar-refractivity contribution in [2.75, 3.05) is 32.6 Å². The van der Waals surface area contributed by atoms with Crippen LogP contribution in [-0.2, 0) is 14.3 Å². The number of anilines is 1. The summed E-state index contributed by atoms with van der Waals surface area (Å²) < 4.78 is 10.0. The van der Waals surface area contributed by atoms with Crippen LogP contribution in [0, 0.1) is 5.92 Å². The third-order valence-corrected chi connectivity index (χ3v) is 4.36. The van der Waals surface area contributed by atoms with E-state index in [9.17, 15) is 9.59 Å². The highest BCUT2D eigenvalue weighted by atomic mass is 16.5. The van der Waals surface area contributed by atoms with Gasteiger partial charge >= 0.3 is 5.97 Å². The Hall–Kier alpha value is -2.08. The van der Waals surface area contributed by atoms with Gasteiger partial charge in [0.2, 0.25) is 5.91 Å². The maximum absolute atomic E-state index is 12.5. The van der Waals surface area contributed by atoms with Crippen molar-refractivity contribution in [2.45, 2.75) is 25.8 Å². The Balaban J connectivity index is 1.92. The van der Waals surface area contributed by atoms with E-state index in [1.54, 1.807) is 7.11 Å². The Morgan fingerprint density at radius 1 is 1.22 bits per heavy atom.